The second-order valence-electron chi connectivity index (χ2n) is 2.67. The third-order valence-corrected chi connectivity index (χ3v) is 2.04. The zero-order chi connectivity index (χ0) is 6.10. The van der Waals surface area contributed by atoms with Crippen LogP contribution in [0.5, 0.6) is 0 Å². The molecule has 0 saturated heterocycles. The van der Waals surface area contributed by atoms with E-state index in [9.17, 15) is 0 Å². The molecule has 0 aromatic heterocycles. The molecule has 2 rings (SSSR count). The molecule has 0 unspecified atom stereocenters. The minimum absolute atomic E-state index is 1.10. The lowest BCUT2D eigenvalue weighted by Crippen LogP contribution is -2.08. The quantitative estimate of drug-likeness (QED) is 0.508. The first-order valence-electron chi connectivity index (χ1n) is 3.55. The number of nitrogens with one attached hydrogen (secondary N) is 1. The second kappa shape index (κ2) is 1.99. The van der Waals surface area contributed by atoms with Crippen LogP contribution in [0.15, 0.2) is 23.3 Å². The Hall–Kier alpha value is -0.560. The van der Waals surface area contributed by atoms with E-state index in [0.29, 0.717) is 0 Å². The average molecular weight is 121 g/mol. The summed E-state index contributed by atoms with van der Waals surface area (Å²) in [6, 6.07) is 0. The van der Waals surface area contributed by atoms with Gasteiger partial charge in [0, 0.05) is 13.1 Å². The van der Waals surface area contributed by atoms with Gasteiger partial charge in [0.1, 0.15) is 0 Å². The Morgan fingerprint density at radius 2 is 2.33 bits per heavy atom. The molecule has 1 heteroatoms. The van der Waals surface area contributed by atoms with Crippen molar-refractivity contribution in [3.63, 3.8) is 0 Å². The van der Waals surface area contributed by atoms with Crippen LogP contribution in [0.25, 0.3) is 0 Å². The molecule has 0 aromatic carbocycles. The molecule has 1 nitrogen and oxygen atoms in total. The maximum Gasteiger partial charge on any atom is 0.0208 e. The number of hydrogen-bond donors (Lipinski definition) is 1. The number of hydrogen-bond acceptors (Lipinski definition) is 1. The van der Waals surface area contributed by atoms with E-state index in [1.165, 1.54) is 12.8 Å². The Morgan fingerprint density at radius 1 is 1.33 bits per heavy atom. The highest BCUT2D eigenvalue weighted by Crippen LogP contribution is 2.20. The smallest absolute Gasteiger partial charge is 0.0208 e. The molecule has 1 aliphatic heterocycles. The van der Waals surface area contributed by atoms with Crippen molar-refractivity contribution in [2.75, 3.05) is 13.1 Å². The minimum Gasteiger partial charge on any atom is -0.309 e. The first kappa shape index (κ1) is 5.24. The second-order valence-corrected chi connectivity index (χ2v) is 2.67. The Bertz CT molecular complexity index is 177. The Labute approximate surface area is 55.5 Å². The summed E-state index contributed by atoms with van der Waals surface area (Å²) in [5.41, 5.74) is 3.18. The Balaban J connectivity index is 2.28. The first-order chi connectivity index (χ1) is 4.47. The highest BCUT2D eigenvalue weighted by atomic mass is 14.9. The van der Waals surface area contributed by atoms with Crippen LogP contribution in [0.3, 0.4) is 0 Å². The van der Waals surface area contributed by atoms with E-state index < -0.39 is 0 Å². The highest BCUT2D eigenvalue weighted by Gasteiger charge is 2.12. The van der Waals surface area contributed by atoms with Gasteiger partial charge in [0.15, 0.2) is 0 Å². The van der Waals surface area contributed by atoms with Crippen molar-refractivity contribution in [3.8, 4) is 0 Å². The normalized spacial score (nSPS) is 24.9. The van der Waals surface area contributed by atoms with Gasteiger partial charge in [0.05, 0.1) is 0 Å². The van der Waals surface area contributed by atoms with Crippen molar-refractivity contribution in [2.24, 2.45) is 0 Å². The van der Waals surface area contributed by atoms with Gasteiger partial charge >= 0.3 is 0 Å². The summed E-state index contributed by atoms with van der Waals surface area (Å²) in [6.45, 7) is 2.24. The predicted octanol–water partition coefficient (Wildman–Crippen LogP) is 1.24. The molecular formula is C8H11N. The standard InChI is InChI=1S/C8H11N/c1-2-4-8-6-9-5-7(8)3-1/h1,3,9H,2,4-6H2. The minimum atomic E-state index is 1.10. The van der Waals surface area contributed by atoms with Gasteiger partial charge in [-0.05, 0) is 18.4 Å². The molecule has 9 heavy (non-hydrogen) atoms. The fraction of sp³-hybridized carbons (Fsp3) is 0.500. The van der Waals surface area contributed by atoms with Crippen LogP contribution in [-0.2, 0) is 0 Å². The number of allylic oxidation sites excluding steroid dienone is 1. The van der Waals surface area contributed by atoms with Gasteiger partial charge in [0.25, 0.3) is 0 Å². The fourth-order valence-corrected chi connectivity index (χ4v) is 1.50. The molecule has 1 N–H and O–H groups in total. The zero-order valence-electron chi connectivity index (χ0n) is 5.48. The van der Waals surface area contributed by atoms with Gasteiger partial charge in [-0.25, -0.2) is 0 Å². The van der Waals surface area contributed by atoms with Crippen molar-refractivity contribution in [1.29, 1.82) is 0 Å². The van der Waals surface area contributed by atoms with E-state index in [1.807, 2.05) is 0 Å². The van der Waals surface area contributed by atoms with Crippen molar-refractivity contribution >= 4 is 0 Å². The van der Waals surface area contributed by atoms with Crippen LogP contribution < -0.4 is 5.32 Å². The Morgan fingerprint density at radius 3 is 3.22 bits per heavy atom. The van der Waals surface area contributed by atoms with Crippen molar-refractivity contribution in [2.45, 2.75) is 12.8 Å². The largest absolute Gasteiger partial charge is 0.309 e. The first-order valence-corrected chi connectivity index (χ1v) is 3.55. The SMILES string of the molecule is C1=CC2=C(CC1)CNC2. The van der Waals surface area contributed by atoms with Crippen LogP contribution in [0.1, 0.15) is 12.8 Å². The van der Waals surface area contributed by atoms with Crippen LogP contribution in [0, 0.1) is 0 Å². The molecule has 0 saturated carbocycles. The summed E-state index contributed by atoms with van der Waals surface area (Å²) in [5, 5.41) is 3.34. The summed E-state index contributed by atoms with van der Waals surface area (Å²) in [6.07, 6.45) is 7.07. The Kier molecular flexibility index (Phi) is 1.16. The van der Waals surface area contributed by atoms with Crippen LogP contribution in [0.2, 0.25) is 0 Å². The molecule has 0 aromatic rings. The molecular weight excluding hydrogens is 110 g/mol. The van der Waals surface area contributed by atoms with Gasteiger partial charge in [-0.1, -0.05) is 17.7 Å². The van der Waals surface area contributed by atoms with Crippen LogP contribution >= 0.6 is 0 Å². The van der Waals surface area contributed by atoms with E-state index in [4.69, 9.17) is 0 Å². The van der Waals surface area contributed by atoms with Crippen molar-refractivity contribution < 1.29 is 0 Å². The third kappa shape index (κ3) is 0.815. The van der Waals surface area contributed by atoms with Gasteiger partial charge in [-0.2, -0.15) is 0 Å². The third-order valence-electron chi connectivity index (χ3n) is 2.04. The maximum atomic E-state index is 3.34. The molecule has 0 bridgehead atoms. The lowest BCUT2D eigenvalue weighted by atomic mass is 10.0. The van der Waals surface area contributed by atoms with E-state index >= 15 is 0 Å². The summed E-state index contributed by atoms with van der Waals surface area (Å²) in [4.78, 5) is 0. The van der Waals surface area contributed by atoms with E-state index in [0.717, 1.165) is 13.1 Å². The monoisotopic (exact) mass is 121 g/mol. The fourth-order valence-electron chi connectivity index (χ4n) is 1.50. The molecule has 1 heterocycles. The van der Waals surface area contributed by atoms with Crippen molar-refractivity contribution in [1.82, 2.24) is 5.32 Å². The van der Waals surface area contributed by atoms with Gasteiger partial charge in [0.2, 0.25) is 0 Å². The van der Waals surface area contributed by atoms with Gasteiger partial charge in [-0.15, -0.1) is 0 Å². The average Bonchev–Trinajstić information content (AvgIpc) is 2.33. The van der Waals surface area contributed by atoms with Crippen LogP contribution in [0.4, 0.5) is 0 Å². The molecule has 1 aliphatic carbocycles. The maximum absolute atomic E-state index is 3.34. The number of rotatable bonds is 0. The highest BCUT2D eigenvalue weighted by molar-refractivity contribution is 5.34. The molecule has 2 aliphatic rings. The van der Waals surface area contributed by atoms with Crippen molar-refractivity contribution in [3.05, 3.63) is 23.3 Å². The summed E-state index contributed by atoms with van der Waals surface area (Å²) >= 11 is 0. The lowest BCUT2D eigenvalue weighted by molar-refractivity contribution is 0.843. The molecule has 48 valence electrons. The molecule has 0 atom stereocenters. The summed E-state index contributed by atoms with van der Waals surface area (Å²) in [5.74, 6) is 0. The lowest BCUT2D eigenvalue weighted by Gasteiger charge is -2.04. The van der Waals surface area contributed by atoms with E-state index in [-0.39, 0.29) is 0 Å². The molecule has 0 fully saturated rings. The molecule has 0 amide bonds. The summed E-state index contributed by atoms with van der Waals surface area (Å²) in [7, 11) is 0. The predicted molar refractivity (Wildman–Crippen MR) is 38.3 cm³/mol. The molecule has 0 radical (unpaired) electrons. The van der Waals surface area contributed by atoms with Gasteiger partial charge in [-0.3, -0.25) is 0 Å². The topological polar surface area (TPSA) is 12.0 Å². The van der Waals surface area contributed by atoms with E-state index in [1.54, 1.807) is 11.1 Å². The zero-order valence-corrected chi connectivity index (χ0v) is 5.48. The van der Waals surface area contributed by atoms with E-state index in [2.05, 4.69) is 17.5 Å². The van der Waals surface area contributed by atoms with Gasteiger partial charge < -0.3 is 5.32 Å². The summed E-state index contributed by atoms with van der Waals surface area (Å²) < 4.78 is 0. The molecule has 0 spiro atoms. The van der Waals surface area contributed by atoms with Crippen LogP contribution in [-0.4, -0.2) is 13.1 Å².